The number of pyridine rings is 1. The summed E-state index contributed by atoms with van der Waals surface area (Å²) in [6.45, 7) is 0. The second-order valence-corrected chi connectivity index (χ2v) is 3.67. The Hall–Kier alpha value is 0.1000. The van der Waals surface area contributed by atoms with Crippen LogP contribution in [-0.2, 0) is 0 Å². The van der Waals surface area contributed by atoms with Crippen LogP contribution in [0, 0.1) is 5.82 Å². The van der Waals surface area contributed by atoms with Gasteiger partial charge in [-0.05, 0) is 6.07 Å². The highest BCUT2D eigenvalue weighted by molar-refractivity contribution is 9.09. The van der Waals surface area contributed by atoms with Gasteiger partial charge in [0.1, 0.15) is 5.15 Å². The average molecular weight is 289 g/mol. The van der Waals surface area contributed by atoms with Crippen LogP contribution in [0.5, 0.6) is 0 Å². The summed E-state index contributed by atoms with van der Waals surface area (Å²) in [6.07, 6.45) is -0.883. The number of aromatic nitrogens is 1. The number of aliphatic hydroxyl groups excluding tert-OH is 1. The van der Waals surface area contributed by atoms with Gasteiger partial charge in [0.15, 0.2) is 11.0 Å². The standard InChI is InChI=1S/C7H5BrCl2FNO/c8-2-5(13)3-1-4(11)7(10)12-6(3)9/h1,5,13H,2H2. The van der Waals surface area contributed by atoms with Gasteiger partial charge in [-0.2, -0.15) is 0 Å². The number of alkyl halides is 1. The molecule has 0 radical (unpaired) electrons. The van der Waals surface area contributed by atoms with Crippen molar-refractivity contribution < 1.29 is 9.50 Å². The summed E-state index contributed by atoms with van der Waals surface area (Å²) >= 11 is 14.0. The van der Waals surface area contributed by atoms with E-state index in [0.717, 1.165) is 6.07 Å². The molecule has 0 saturated carbocycles. The molecule has 13 heavy (non-hydrogen) atoms. The van der Waals surface area contributed by atoms with E-state index in [2.05, 4.69) is 20.9 Å². The first-order valence-corrected chi connectivity index (χ1v) is 5.19. The molecule has 0 fully saturated rings. The highest BCUT2D eigenvalue weighted by Crippen LogP contribution is 2.26. The molecule has 2 nitrogen and oxygen atoms in total. The molecule has 6 heteroatoms. The monoisotopic (exact) mass is 287 g/mol. The van der Waals surface area contributed by atoms with E-state index < -0.39 is 11.9 Å². The molecular formula is C7H5BrCl2FNO. The van der Waals surface area contributed by atoms with Crippen molar-refractivity contribution in [3.63, 3.8) is 0 Å². The van der Waals surface area contributed by atoms with Gasteiger partial charge in [0, 0.05) is 10.9 Å². The van der Waals surface area contributed by atoms with Gasteiger partial charge in [0.25, 0.3) is 0 Å². The molecule has 0 aromatic carbocycles. The molecule has 1 N–H and O–H groups in total. The first kappa shape index (κ1) is 11.2. The van der Waals surface area contributed by atoms with E-state index in [1.54, 1.807) is 0 Å². The van der Waals surface area contributed by atoms with Crippen LogP contribution in [0.2, 0.25) is 10.3 Å². The SMILES string of the molecule is OC(CBr)c1cc(F)c(Cl)nc1Cl. The van der Waals surface area contributed by atoms with Gasteiger partial charge in [-0.15, -0.1) is 0 Å². The number of nitrogens with zero attached hydrogens (tertiary/aromatic N) is 1. The third-order valence-electron chi connectivity index (χ3n) is 1.42. The van der Waals surface area contributed by atoms with Crippen LogP contribution in [0.1, 0.15) is 11.7 Å². The van der Waals surface area contributed by atoms with Gasteiger partial charge in [-0.3, -0.25) is 0 Å². The zero-order valence-corrected chi connectivity index (χ0v) is 9.37. The summed E-state index contributed by atoms with van der Waals surface area (Å²) in [4.78, 5) is 3.52. The number of aliphatic hydroxyl groups is 1. The van der Waals surface area contributed by atoms with Crippen molar-refractivity contribution in [3.05, 3.63) is 27.8 Å². The van der Waals surface area contributed by atoms with E-state index in [-0.39, 0.29) is 21.2 Å². The maximum absolute atomic E-state index is 12.9. The van der Waals surface area contributed by atoms with Crippen LogP contribution in [0.4, 0.5) is 4.39 Å². The van der Waals surface area contributed by atoms with Crippen molar-refractivity contribution in [1.82, 2.24) is 4.98 Å². The minimum Gasteiger partial charge on any atom is -0.387 e. The topological polar surface area (TPSA) is 33.1 Å². The summed E-state index contributed by atoms with van der Waals surface area (Å²) in [7, 11) is 0. The zero-order chi connectivity index (χ0) is 10.0. The lowest BCUT2D eigenvalue weighted by Crippen LogP contribution is -2.02. The molecule has 1 unspecified atom stereocenters. The van der Waals surface area contributed by atoms with Crippen molar-refractivity contribution in [3.8, 4) is 0 Å². The van der Waals surface area contributed by atoms with Crippen LogP contribution in [0.3, 0.4) is 0 Å². The fourth-order valence-electron chi connectivity index (χ4n) is 0.777. The summed E-state index contributed by atoms with van der Waals surface area (Å²) in [5.74, 6) is -0.693. The molecule has 72 valence electrons. The van der Waals surface area contributed by atoms with E-state index >= 15 is 0 Å². The average Bonchev–Trinajstić information content (AvgIpc) is 2.10. The minimum absolute atomic E-state index is 0.0124. The molecule has 1 rings (SSSR count). The van der Waals surface area contributed by atoms with E-state index in [9.17, 15) is 9.50 Å². The van der Waals surface area contributed by atoms with Gasteiger partial charge in [0.2, 0.25) is 0 Å². The fourth-order valence-corrected chi connectivity index (χ4v) is 1.57. The molecule has 0 amide bonds. The van der Waals surface area contributed by atoms with Gasteiger partial charge in [-0.1, -0.05) is 39.1 Å². The summed E-state index contributed by atoms with van der Waals surface area (Å²) in [6, 6.07) is 1.07. The van der Waals surface area contributed by atoms with Crippen LogP contribution < -0.4 is 0 Å². The van der Waals surface area contributed by atoms with E-state index in [1.165, 1.54) is 0 Å². The molecular weight excluding hydrogens is 284 g/mol. The molecule has 0 spiro atoms. The predicted molar refractivity (Wildman–Crippen MR) is 53.0 cm³/mol. The quantitative estimate of drug-likeness (QED) is 0.670. The molecule has 1 atom stereocenters. The molecule has 0 aliphatic heterocycles. The summed E-state index contributed by atoms with van der Waals surface area (Å²) in [5.41, 5.74) is 0.223. The van der Waals surface area contributed by atoms with Crippen molar-refractivity contribution in [2.45, 2.75) is 6.10 Å². The molecule has 1 aromatic rings. The number of rotatable bonds is 2. The van der Waals surface area contributed by atoms with Crippen LogP contribution in [-0.4, -0.2) is 15.4 Å². The first-order chi connectivity index (χ1) is 6.06. The smallest absolute Gasteiger partial charge is 0.166 e. The maximum Gasteiger partial charge on any atom is 0.166 e. The fraction of sp³-hybridized carbons (Fsp3) is 0.286. The van der Waals surface area contributed by atoms with Crippen LogP contribution in [0.25, 0.3) is 0 Å². The Morgan fingerprint density at radius 3 is 2.69 bits per heavy atom. The zero-order valence-electron chi connectivity index (χ0n) is 6.27. The first-order valence-electron chi connectivity index (χ1n) is 3.31. The van der Waals surface area contributed by atoms with Gasteiger partial charge in [0.05, 0.1) is 6.10 Å². The molecule has 1 aromatic heterocycles. The summed E-state index contributed by atoms with van der Waals surface area (Å²) < 4.78 is 12.9. The Balaban J connectivity index is 3.15. The second kappa shape index (κ2) is 4.55. The summed E-state index contributed by atoms with van der Waals surface area (Å²) in [5, 5.41) is 9.32. The molecule has 1 heterocycles. The van der Waals surface area contributed by atoms with Crippen molar-refractivity contribution >= 4 is 39.1 Å². The predicted octanol–water partition coefficient (Wildman–Crippen LogP) is 2.96. The molecule has 0 aliphatic rings. The van der Waals surface area contributed by atoms with Crippen LogP contribution in [0.15, 0.2) is 6.07 Å². The Bertz CT molecular complexity index is 324. The Kier molecular flexibility index (Phi) is 3.91. The lowest BCUT2D eigenvalue weighted by Gasteiger charge is -2.08. The van der Waals surface area contributed by atoms with E-state index in [4.69, 9.17) is 23.2 Å². The van der Waals surface area contributed by atoms with Crippen molar-refractivity contribution in [1.29, 1.82) is 0 Å². The number of halogens is 4. The van der Waals surface area contributed by atoms with Crippen molar-refractivity contribution in [2.24, 2.45) is 0 Å². The van der Waals surface area contributed by atoms with Crippen molar-refractivity contribution in [2.75, 3.05) is 5.33 Å². The third-order valence-corrected chi connectivity index (χ3v) is 2.60. The minimum atomic E-state index is -0.883. The molecule has 0 saturated heterocycles. The molecule has 0 aliphatic carbocycles. The number of hydrogen-bond acceptors (Lipinski definition) is 2. The third kappa shape index (κ3) is 2.53. The lowest BCUT2D eigenvalue weighted by molar-refractivity contribution is 0.204. The Morgan fingerprint density at radius 1 is 1.54 bits per heavy atom. The number of hydrogen-bond donors (Lipinski definition) is 1. The normalized spacial score (nSPS) is 13.0. The highest BCUT2D eigenvalue weighted by atomic mass is 79.9. The van der Waals surface area contributed by atoms with Gasteiger partial charge >= 0.3 is 0 Å². The Labute approximate surface area is 92.8 Å². The maximum atomic E-state index is 12.9. The van der Waals surface area contributed by atoms with E-state index in [1.807, 2.05) is 0 Å². The largest absolute Gasteiger partial charge is 0.387 e. The Morgan fingerprint density at radius 2 is 2.15 bits per heavy atom. The van der Waals surface area contributed by atoms with E-state index in [0.29, 0.717) is 0 Å². The van der Waals surface area contributed by atoms with Gasteiger partial charge < -0.3 is 5.11 Å². The molecule has 0 bridgehead atoms. The highest BCUT2D eigenvalue weighted by Gasteiger charge is 2.14. The lowest BCUT2D eigenvalue weighted by atomic mass is 10.2. The second-order valence-electron chi connectivity index (χ2n) is 2.31. The van der Waals surface area contributed by atoms with Gasteiger partial charge in [-0.25, -0.2) is 9.37 Å². The van der Waals surface area contributed by atoms with Crippen LogP contribution >= 0.6 is 39.1 Å².